The SMILES string of the molecule is CCC(CC)NCc1ccc(Br)c(F)c1. The van der Waals surface area contributed by atoms with Crippen molar-refractivity contribution < 1.29 is 4.39 Å². The van der Waals surface area contributed by atoms with E-state index in [2.05, 4.69) is 35.1 Å². The molecule has 0 saturated carbocycles. The van der Waals surface area contributed by atoms with Gasteiger partial charge in [0.2, 0.25) is 0 Å². The third kappa shape index (κ3) is 3.92. The minimum absolute atomic E-state index is 0.196. The summed E-state index contributed by atoms with van der Waals surface area (Å²) in [6, 6.07) is 5.78. The average Bonchev–Trinajstić information content (AvgIpc) is 2.24. The van der Waals surface area contributed by atoms with Crippen LogP contribution in [0.5, 0.6) is 0 Å². The molecule has 0 unspecified atom stereocenters. The lowest BCUT2D eigenvalue weighted by Gasteiger charge is -2.14. The van der Waals surface area contributed by atoms with Crippen LogP contribution >= 0.6 is 15.9 Å². The topological polar surface area (TPSA) is 12.0 Å². The van der Waals surface area contributed by atoms with Crippen LogP contribution in [0.15, 0.2) is 22.7 Å². The van der Waals surface area contributed by atoms with Gasteiger partial charge in [-0.1, -0.05) is 19.9 Å². The summed E-state index contributed by atoms with van der Waals surface area (Å²) in [5, 5.41) is 3.40. The van der Waals surface area contributed by atoms with Crippen LogP contribution in [0, 0.1) is 5.82 Å². The van der Waals surface area contributed by atoms with Crippen molar-refractivity contribution in [3.05, 3.63) is 34.1 Å². The Bertz CT molecular complexity index is 310. The van der Waals surface area contributed by atoms with Gasteiger partial charge in [0.1, 0.15) is 5.82 Å². The van der Waals surface area contributed by atoms with Gasteiger partial charge in [0, 0.05) is 12.6 Å². The molecule has 1 aromatic carbocycles. The van der Waals surface area contributed by atoms with Gasteiger partial charge >= 0.3 is 0 Å². The highest BCUT2D eigenvalue weighted by atomic mass is 79.9. The number of rotatable bonds is 5. The van der Waals surface area contributed by atoms with Gasteiger partial charge in [0.15, 0.2) is 0 Å². The summed E-state index contributed by atoms with van der Waals surface area (Å²) in [5.41, 5.74) is 0.989. The zero-order valence-corrected chi connectivity index (χ0v) is 10.8. The molecule has 0 aromatic heterocycles. The van der Waals surface area contributed by atoms with Crippen molar-refractivity contribution in [2.45, 2.75) is 39.3 Å². The van der Waals surface area contributed by atoms with Crippen LogP contribution < -0.4 is 5.32 Å². The Kier molecular flexibility index (Phi) is 5.26. The van der Waals surface area contributed by atoms with E-state index in [4.69, 9.17) is 0 Å². The largest absolute Gasteiger partial charge is 0.310 e. The quantitative estimate of drug-likeness (QED) is 0.859. The molecule has 3 heteroatoms. The summed E-state index contributed by atoms with van der Waals surface area (Å²) in [6.07, 6.45) is 2.21. The Balaban J connectivity index is 2.54. The molecular weight excluding hydrogens is 257 g/mol. The van der Waals surface area contributed by atoms with Crippen molar-refractivity contribution in [2.75, 3.05) is 0 Å². The van der Waals surface area contributed by atoms with Crippen LogP contribution in [0.4, 0.5) is 4.39 Å². The fourth-order valence-electron chi connectivity index (χ4n) is 1.49. The first-order chi connectivity index (χ1) is 7.17. The summed E-state index contributed by atoms with van der Waals surface area (Å²) in [4.78, 5) is 0. The predicted octanol–water partition coefficient (Wildman–Crippen LogP) is 3.87. The minimum Gasteiger partial charge on any atom is -0.310 e. The summed E-state index contributed by atoms with van der Waals surface area (Å²) in [7, 11) is 0. The van der Waals surface area contributed by atoms with E-state index in [0.29, 0.717) is 10.5 Å². The van der Waals surface area contributed by atoms with Gasteiger partial charge in [-0.05, 0) is 46.5 Å². The third-order valence-electron chi connectivity index (χ3n) is 2.56. The van der Waals surface area contributed by atoms with E-state index in [1.54, 1.807) is 12.1 Å². The van der Waals surface area contributed by atoms with Gasteiger partial charge in [-0.15, -0.1) is 0 Å². The second-order valence-corrected chi connectivity index (χ2v) is 4.50. The second kappa shape index (κ2) is 6.23. The second-order valence-electron chi connectivity index (χ2n) is 3.64. The molecule has 1 nitrogen and oxygen atoms in total. The lowest BCUT2D eigenvalue weighted by Crippen LogP contribution is -2.26. The van der Waals surface area contributed by atoms with Crippen LogP contribution in [0.3, 0.4) is 0 Å². The van der Waals surface area contributed by atoms with Gasteiger partial charge in [-0.2, -0.15) is 0 Å². The van der Waals surface area contributed by atoms with Crippen molar-refractivity contribution in [1.82, 2.24) is 5.32 Å². The Morgan fingerprint density at radius 2 is 2.00 bits per heavy atom. The summed E-state index contributed by atoms with van der Waals surface area (Å²) >= 11 is 3.14. The Labute approximate surface area is 99.2 Å². The lowest BCUT2D eigenvalue weighted by molar-refractivity contribution is 0.483. The molecule has 1 rings (SSSR count). The first-order valence-corrected chi connectivity index (χ1v) is 6.14. The number of nitrogens with one attached hydrogen (secondary N) is 1. The van der Waals surface area contributed by atoms with Crippen LogP contribution in [0.25, 0.3) is 0 Å². The van der Waals surface area contributed by atoms with E-state index < -0.39 is 0 Å². The van der Waals surface area contributed by atoms with Crippen molar-refractivity contribution in [3.63, 3.8) is 0 Å². The van der Waals surface area contributed by atoms with Crippen LogP contribution in [0.2, 0.25) is 0 Å². The van der Waals surface area contributed by atoms with Crippen LogP contribution in [0.1, 0.15) is 32.3 Å². The van der Waals surface area contributed by atoms with E-state index in [-0.39, 0.29) is 5.82 Å². The summed E-state index contributed by atoms with van der Waals surface area (Å²) in [6.45, 7) is 5.04. The fourth-order valence-corrected chi connectivity index (χ4v) is 1.74. The Morgan fingerprint density at radius 3 is 2.53 bits per heavy atom. The highest BCUT2D eigenvalue weighted by molar-refractivity contribution is 9.10. The number of hydrogen-bond acceptors (Lipinski definition) is 1. The zero-order chi connectivity index (χ0) is 11.3. The molecule has 0 aliphatic carbocycles. The molecule has 0 spiro atoms. The zero-order valence-electron chi connectivity index (χ0n) is 9.19. The molecule has 1 N–H and O–H groups in total. The molecule has 0 fully saturated rings. The number of benzene rings is 1. The van der Waals surface area contributed by atoms with Crippen molar-refractivity contribution in [1.29, 1.82) is 0 Å². The summed E-state index contributed by atoms with van der Waals surface area (Å²) < 4.78 is 13.7. The molecule has 0 bridgehead atoms. The molecule has 15 heavy (non-hydrogen) atoms. The monoisotopic (exact) mass is 273 g/mol. The first-order valence-electron chi connectivity index (χ1n) is 5.34. The molecule has 1 aromatic rings. The predicted molar refractivity (Wildman–Crippen MR) is 65.3 cm³/mol. The van der Waals surface area contributed by atoms with Crippen molar-refractivity contribution in [2.24, 2.45) is 0 Å². The smallest absolute Gasteiger partial charge is 0.137 e. The average molecular weight is 274 g/mol. The molecule has 0 amide bonds. The molecule has 0 atom stereocenters. The Hall–Kier alpha value is -0.410. The maximum Gasteiger partial charge on any atom is 0.137 e. The third-order valence-corrected chi connectivity index (χ3v) is 3.21. The van der Waals surface area contributed by atoms with E-state index >= 15 is 0 Å². The molecule has 0 heterocycles. The van der Waals surface area contributed by atoms with E-state index in [9.17, 15) is 4.39 Å². The standard InChI is InChI=1S/C12H17BrFN/c1-3-10(4-2)15-8-9-5-6-11(13)12(14)7-9/h5-7,10,15H,3-4,8H2,1-2H3. The summed E-state index contributed by atoms with van der Waals surface area (Å²) in [5.74, 6) is -0.196. The molecular formula is C12H17BrFN. The fraction of sp³-hybridized carbons (Fsp3) is 0.500. The van der Waals surface area contributed by atoms with Crippen molar-refractivity contribution >= 4 is 15.9 Å². The van der Waals surface area contributed by atoms with Crippen LogP contribution in [-0.4, -0.2) is 6.04 Å². The van der Waals surface area contributed by atoms with E-state index in [1.165, 1.54) is 0 Å². The lowest BCUT2D eigenvalue weighted by atomic mass is 10.1. The van der Waals surface area contributed by atoms with Gasteiger partial charge < -0.3 is 5.32 Å². The normalized spacial score (nSPS) is 11.0. The number of halogens is 2. The van der Waals surface area contributed by atoms with Gasteiger partial charge in [0.05, 0.1) is 4.47 Å². The van der Waals surface area contributed by atoms with E-state index in [1.807, 2.05) is 6.07 Å². The number of hydrogen-bond donors (Lipinski definition) is 1. The van der Waals surface area contributed by atoms with Gasteiger partial charge in [0.25, 0.3) is 0 Å². The molecule has 0 saturated heterocycles. The maximum atomic E-state index is 13.2. The van der Waals surface area contributed by atoms with E-state index in [0.717, 1.165) is 24.9 Å². The highest BCUT2D eigenvalue weighted by Crippen LogP contribution is 2.16. The Morgan fingerprint density at radius 1 is 1.33 bits per heavy atom. The maximum absolute atomic E-state index is 13.2. The molecule has 0 radical (unpaired) electrons. The van der Waals surface area contributed by atoms with Gasteiger partial charge in [-0.25, -0.2) is 4.39 Å². The minimum atomic E-state index is -0.196. The molecule has 0 aliphatic heterocycles. The molecule has 84 valence electrons. The van der Waals surface area contributed by atoms with Crippen LogP contribution in [-0.2, 0) is 6.54 Å². The first kappa shape index (κ1) is 12.7. The van der Waals surface area contributed by atoms with Gasteiger partial charge in [-0.3, -0.25) is 0 Å². The molecule has 0 aliphatic rings. The highest BCUT2D eigenvalue weighted by Gasteiger charge is 2.04. The van der Waals surface area contributed by atoms with Crippen molar-refractivity contribution in [3.8, 4) is 0 Å².